The van der Waals surface area contributed by atoms with Crippen LogP contribution in [0.4, 0.5) is 0 Å². The number of nitrogens with zero attached hydrogens (tertiary/aromatic N) is 1. The van der Waals surface area contributed by atoms with Gasteiger partial charge in [0, 0.05) is 26.2 Å². The molecule has 2 N–H and O–H groups in total. The molecule has 0 aromatic carbocycles. The van der Waals surface area contributed by atoms with E-state index < -0.39 is 10.0 Å². The van der Waals surface area contributed by atoms with Crippen molar-refractivity contribution in [2.24, 2.45) is 0 Å². The van der Waals surface area contributed by atoms with Crippen LogP contribution in [-0.4, -0.2) is 51.9 Å². The molecular formula is C10H14BrN3O3S2. The number of halogens is 1. The van der Waals surface area contributed by atoms with Gasteiger partial charge in [-0.1, -0.05) is 0 Å². The summed E-state index contributed by atoms with van der Waals surface area (Å²) in [5, 5.41) is 3.13. The second-order valence-corrected chi connectivity index (χ2v) is 8.47. The summed E-state index contributed by atoms with van der Waals surface area (Å²) in [6.07, 6.45) is 0. The van der Waals surface area contributed by atoms with Crippen molar-refractivity contribution in [2.45, 2.75) is 4.21 Å². The normalized spacial score (nSPS) is 16.6. The fourth-order valence-corrected chi connectivity index (χ4v) is 4.73. The second kappa shape index (κ2) is 6.31. The SMILES string of the molecule is O=C(CNS(=O)(=O)c1ccc(Br)s1)N1CCNCC1. The second-order valence-electron chi connectivity index (χ2n) is 4.01. The van der Waals surface area contributed by atoms with E-state index in [2.05, 4.69) is 26.0 Å². The summed E-state index contributed by atoms with van der Waals surface area (Å²) in [5.74, 6) is -0.194. The lowest BCUT2D eigenvalue weighted by molar-refractivity contribution is -0.130. The minimum Gasteiger partial charge on any atom is -0.339 e. The third-order valence-corrected chi connectivity index (χ3v) is 6.21. The first-order valence-corrected chi connectivity index (χ1v) is 8.82. The van der Waals surface area contributed by atoms with Crippen LogP contribution in [0.3, 0.4) is 0 Å². The van der Waals surface area contributed by atoms with E-state index in [9.17, 15) is 13.2 Å². The Hall–Kier alpha value is -0.480. The molecule has 0 unspecified atom stereocenters. The maximum Gasteiger partial charge on any atom is 0.250 e. The van der Waals surface area contributed by atoms with E-state index in [0.717, 1.165) is 28.2 Å². The summed E-state index contributed by atoms with van der Waals surface area (Å²) >= 11 is 4.32. The van der Waals surface area contributed by atoms with Crippen LogP contribution in [0, 0.1) is 0 Å². The number of sulfonamides is 1. The Bertz CT molecular complexity index is 552. The Morgan fingerprint density at radius 1 is 1.42 bits per heavy atom. The number of piperazine rings is 1. The molecule has 0 aliphatic carbocycles. The molecular weight excluding hydrogens is 354 g/mol. The molecule has 1 aliphatic rings. The maximum atomic E-state index is 11.9. The molecule has 1 saturated heterocycles. The van der Waals surface area contributed by atoms with Crippen molar-refractivity contribution in [2.75, 3.05) is 32.7 Å². The number of nitrogens with one attached hydrogen (secondary N) is 2. The van der Waals surface area contributed by atoms with E-state index >= 15 is 0 Å². The number of rotatable bonds is 4. The summed E-state index contributed by atoms with van der Waals surface area (Å²) in [5.41, 5.74) is 0. The monoisotopic (exact) mass is 367 g/mol. The van der Waals surface area contributed by atoms with Gasteiger partial charge in [-0.2, -0.15) is 0 Å². The fraction of sp³-hybridized carbons (Fsp3) is 0.500. The molecule has 1 aromatic rings. The Morgan fingerprint density at radius 3 is 2.68 bits per heavy atom. The van der Waals surface area contributed by atoms with Gasteiger partial charge in [0.15, 0.2) is 0 Å². The summed E-state index contributed by atoms with van der Waals surface area (Å²) in [6, 6.07) is 3.17. The zero-order valence-electron chi connectivity index (χ0n) is 10.1. The van der Waals surface area contributed by atoms with Crippen LogP contribution < -0.4 is 10.0 Å². The number of thiophene rings is 1. The van der Waals surface area contributed by atoms with Crippen molar-refractivity contribution < 1.29 is 13.2 Å². The van der Waals surface area contributed by atoms with Crippen molar-refractivity contribution in [3.63, 3.8) is 0 Å². The van der Waals surface area contributed by atoms with Crippen LogP contribution in [0.2, 0.25) is 0 Å². The molecule has 106 valence electrons. The topological polar surface area (TPSA) is 78.5 Å². The molecule has 19 heavy (non-hydrogen) atoms. The van der Waals surface area contributed by atoms with Crippen LogP contribution >= 0.6 is 27.3 Å². The third kappa shape index (κ3) is 3.99. The van der Waals surface area contributed by atoms with E-state index in [1.54, 1.807) is 11.0 Å². The molecule has 1 fully saturated rings. The zero-order chi connectivity index (χ0) is 13.9. The predicted octanol–water partition coefficient (Wildman–Crippen LogP) is 0.221. The van der Waals surface area contributed by atoms with Crippen LogP contribution in [0.5, 0.6) is 0 Å². The summed E-state index contributed by atoms with van der Waals surface area (Å²) in [4.78, 5) is 13.5. The molecule has 1 aromatic heterocycles. The number of hydrogen-bond donors (Lipinski definition) is 2. The quantitative estimate of drug-likeness (QED) is 0.797. The largest absolute Gasteiger partial charge is 0.339 e. The highest BCUT2D eigenvalue weighted by atomic mass is 79.9. The molecule has 1 aliphatic heterocycles. The van der Waals surface area contributed by atoms with Crippen molar-refractivity contribution in [1.29, 1.82) is 0 Å². The van der Waals surface area contributed by atoms with Crippen molar-refractivity contribution in [3.8, 4) is 0 Å². The summed E-state index contributed by atoms with van der Waals surface area (Å²) in [7, 11) is -3.60. The molecule has 1 amide bonds. The van der Waals surface area contributed by atoms with Gasteiger partial charge in [-0.25, -0.2) is 13.1 Å². The minimum atomic E-state index is -3.60. The highest BCUT2D eigenvalue weighted by molar-refractivity contribution is 9.11. The Balaban J connectivity index is 1.92. The summed E-state index contributed by atoms with van der Waals surface area (Å²) in [6.45, 7) is 2.53. The summed E-state index contributed by atoms with van der Waals surface area (Å²) < 4.78 is 27.1. The number of carbonyl (C=O) groups excluding carboxylic acids is 1. The first-order chi connectivity index (χ1) is 8.99. The van der Waals surface area contributed by atoms with Gasteiger partial charge in [0.05, 0.1) is 10.3 Å². The van der Waals surface area contributed by atoms with E-state index in [-0.39, 0.29) is 16.7 Å². The van der Waals surface area contributed by atoms with Crippen molar-refractivity contribution >= 4 is 43.2 Å². The van der Waals surface area contributed by atoms with Gasteiger partial charge >= 0.3 is 0 Å². The molecule has 0 atom stereocenters. The van der Waals surface area contributed by atoms with E-state index in [1.807, 2.05) is 0 Å². The highest BCUT2D eigenvalue weighted by Gasteiger charge is 2.21. The van der Waals surface area contributed by atoms with Gasteiger partial charge < -0.3 is 10.2 Å². The van der Waals surface area contributed by atoms with Crippen LogP contribution in [-0.2, 0) is 14.8 Å². The molecule has 0 bridgehead atoms. The maximum absolute atomic E-state index is 11.9. The fourth-order valence-electron chi connectivity index (χ4n) is 1.70. The molecule has 2 heterocycles. The van der Waals surface area contributed by atoms with E-state index in [1.165, 1.54) is 6.07 Å². The third-order valence-electron chi connectivity index (χ3n) is 2.70. The average Bonchev–Trinajstić information content (AvgIpc) is 2.85. The Labute approximate surface area is 124 Å². The molecule has 0 spiro atoms. The van der Waals surface area contributed by atoms with Gasteiger partial charge in [0.2, 0.25) is 5.91 Å². The smallest absolute Gasteiger partial charge is 0.250 e. The Morgan fingerprint density at radius 2 is 2.11 bits per heavy atom. The van der Waals surface area contributed by atoms with Crippen LogP contribution in [0.25, 0.3) is 0 Å². The van der Waals surface area contributed by atoms with E-state index in [4.69, 9.17) is 0 Å². The van der Waals surface area contributed by atoms with E-state index in [0.29, 0.717) is 13.1 Å². The minimum absolute atomic E-state index is 0.194. The number of hydrogen-bond acceptors (Lipinski definition) is 5. The number of amides is 1. The molecule has 0 radical (unpaired) electrons. The molecule has 9 heteroatoms. The van der Waals surface area contributed by atoms with Crippen LogP contribution in [0.15, 0.2) is 20.1 Å². The van der Waals surface area contributed by atoms with Gasteiger partial charge in [-0.3, -0.25) is 4.79 Å². The standard InChI is InChI=1S/C10H14BrN3O3S2/c11-8-1-2-10(18-8)19(16,17)13-7-9(15)14-5-3-12-4-6-14/h1-2,12-13H,3-7H2. The first kappa shape index (κ1) is 14.9. The lowest BCUT2D eigenvalue weighted by atomic mass is 10.3. The average molecular weight is 368 g/mol. The predicted molar refractivity (Wildman–Crippen MR) is 76.7 cm³/mol. The van der Waals surface area contributed by atoms with Crippen molar-refractivity contribution in [3.05, 3.63) is 15.9 Å². The van der Waals surface area contributed by atoms with Gasteiger partial charge in [-0.15, -0.1) is 11.3 Å². The highest BCUT2D eigenvalue weighted by Crippen LogP contribution is 2.25. The lowest BCUT2D eigenvalue weighted by Crippen LogP contribution is -2.49. The van der Waals surface area contributed by atoms with Gasteiger partial charge in [0.1, 0.15) is 4.21 Å². The molecule has 6 nitrogen and oxygen atoms in total. The molecule has 2 rings (SSSR count). The van der Waals surface area contributed by atoms with Gasteiger partial charge in [-0.05, 0) is 28.1 Å². The van der Waals surface area contributed by atoms with Crippen molar-refractivity contribution in [1.82, 2.24) is 14.9 Å². The molecule has 0 saturated carbocycles. The lowest BCUT2D eigenvalue weighted by Gasteiger charge is -2.27. The number of carbonyl (C=O) groups is 1. The van der Waals surface area contributed by atoms with Gasteiger partial charge in [0.25, 0.3) is 10.0 Å². The first-order valence-electron chi connectivity index (χ1n) is 5.72. The van der Waals surface area contributed by atoms with Crippen LogP contribution in [0.1, 0.15) is 0 Å². The Kier molecular flexibility index (Phi) is 4.96. The zero-order valence-corrected chi connectivity index (χ0v) is 13.3.